The number of benzene rings is 2. The Labute approximate surface area is 233 Å². The molecule has 0 saturated heterocycles. The molecule has 4 heterocycles. The second kappa shape index (κ2) is 10.2. The Bertz CT molecular complexity index is 1730. The number of carbonyl (C=O) groups is 1. The number of pyridine rings is 1. The van der Waals surface area contributed by atoms with Crippen LogP contribution in [0.1, 0.15) is 38.3 Å². The first kappa shape index (κ1) is 26.2. The number of rotatable bonds is 5. The molecule has 6 rings (SSSR count). The number of hydrogen-bond donors (Lipinski definition) is 2. The lowest BCUT2D eigenvalue weighted by Crippen LogP contribution is -2.32. The number of fused-ring (bicyclic) bond motifs is 3. The van der Waals surface area contributed by atoms with Crippen LogP contribution in [0.15, 0.2) is 72.0 Å². The number of aryl methyl sites for hydroxylation is 2. The highest BCUT2D eigenvalue weighted by molar-refractivity contribution is 6.36. The maximum absolute atomic E-state index is 13.1. The summed E-state index contributed by atoms with van der Waals surface area (Å²) in [7, 11) is 0. The summed E-state index contributed by atoms with van der Waals surface area (Å²) in [4.78, 5) is 33.2. The zero-order valence-corrected chi connectivity index (χ0v) is 22.1. The zero-order valence-electron chi connectivity index (χ0n) is 22.1. The Hall–Kier alpha value is -5.06. The topological polar surface area (TPSA) is 95.4 Å². The molecule has 0 atom stereocenters. The smallest absolute Gasteiger partial charge is 0.323 e. The molecule has 0 radical (unpaired) electrons. The van der Waals surface area contributed by atoms with Crippen LogP contribution >= 0.6 is 0 Å². The van der Waals surface area contributed by atoms with Gasteiger partial charge < -0.3 is 15.5 Å². The summed E-state index contributed by atoms with van der Waals surface area (Å²) in [5, 5.41) is 5.92. The van der Waals surface area contributed by atoms with Gasteiger partial charge in [-0.3, -0.25) is 14.8 Å². The molecule has 0 unspecified atom stereocenters. The number of nitrogens with zero attached hydrogens (tertiary/aromatic N) is 5. The first-order chi connectivity index (χ1) is 19.7. The van der Waals surface area contributed by atoms with Crippen LogP contribution < -0.4 is 15.5 Å². The highest BCUT2D eigenvalue weighted by Crippen LogP contribution is 2.37. The molecule has 41 heavy (non-hydrogen) atoms. The van der Waals surface area contributed by atoms with E-state index in [2.05, 4.69) is 20.6 Å². The number of amides is 1. The largest absolute Gasteiger partial charge is 0.416 e. The third-order valence-electron chi connectivity index (χ3n) is 6.84. The lowest BCUT2D eigenvalue weighted by atomic mass is 9.94. The van der Waals surface area contributed by atoms with Crippen molar-refractivity contribution in [3.8, 4) is 0 Å². The minimum absolute atomic E-state index is 0.0814. The summed E-state index contributed by atoms with van der Waals surface area (Å²) < 4.78 is 39.4. The van der Waals surface area contributed by atoms with Crippen LogP contribution in [0.2, 0.25) is 0 Å². The van der Waals surface area contributed by atoms with E-state index in [-0.39, 0.29) is 5.56 Å². The summed E-state index contributed by atoms with van der Waals surface area (Å²) in [6, 6.07) is 13.5. The number of halogens is 3. The van der Waals surface area contributed by atoms with Crippen LogP contribution in [0.4, 0.5) is 36.3 Å². The molecule has 0 saturated carbocycles. The molecule has 0 aliphatic carbocycles. The van der Waals surface area contributed by atoms with Crippen LogP contribution in [0.25, 0.3) is 11.6 Å². The Morgan fingerprint density at radius 1 is 0.976 bits per heavy atom. The Balaban J connectivity index is 1.30. The SMILES string of the molecule is Cc1ccc(Nc2ncc3c(n2)N2CCN=C2C(c2cc(NC(=O)c4cccc(C(F)(F)F)c4)ccc2C)=C3)cn1. The van der Waals surface area contributed by atoms with Gasteiger partial charge in [-0.05, 0) is 73.5 Å². The summed E-state index contributed by atoms with van der Waals surface area (Å²) >= 11 is 0. The molecule has 206 valence electrons. The van der Waals surface area contributed by atoms with Gasteiger partial charge in [-0.2, -0.15) is 18.2 Å². The zero-order chi connectivity index (χ0) is 28.7. The third-order valence-corrected chi connectivity index (χ3v) is 6.84. The number of hydrogen-bond acceptors (Lipinski definition) is 7. The molecule has 0 fully saturated rings. The van der Waals surface area contributed by atoms with Crippen molar-refractivity contribution in [2.45, 2.75) is 20.0 Å². The number of amidine groups is 1. The number of nitrogens with one attached hydrogen (secondary N) is 2. The van der Waals surface area contributed by atoms with Gasteiger partial charge in [0.25, 0.3) is 5.91 Å². The summed E-state index contributed by atoms with van der Waals surface area (Å²) in [6.45, 7) is 5.10. The molecule has 0 spiro atoms. The van der Waals surface area contributed by atoms with Gasteiger partial charge in [-0.1, -0.05) is 12.1 Å². The summed E-state index contributed by atoms with van der Waals surface area (Å²) in [6.07, 6.45) is 0.897. The monoisotopic (exact) mass is 555 g/mol. The maximum Gasteiger partial charge on any atom is 0.416 e. The van der Waals surface area contributed by atoms with Crippen LogP contribution in [0.3, 0.4) is 0 Å². The third kappa shape index (κ3) is 5.25. The van der Waals surface area contributed by atoms with Gasteiger partial charge in [0.1, 0.15) is 11.7 Å². The summed E-state index contributed by atoms with van der Waals surface area (Å²) in [5.74, 6) is 1.29. The Morgan fingerprint density at radius 2 is 1.80 bits per heavy atom. The van der Waals surface area contributed by atoms with Crippen molar-refractivity contribution in [2.75, 3.05) is 28.6 Å². The number of alkyl halides is 3. The van der Waals surface area contributed by atoms with Crippen molar-refractivity contribution in [3.63, 3.8) is 0 Å². The fourth-order valence-corrected chi connectivity index (χ4v) is 4.76. The second-order valence-electron chi connectivity index (χ2n) is 9.76. The molecule has 8 nitrogen and oxygen atoms in total. The van der Waals surface area contributed by atoms with Crippen LogP contribution in [-0.4, -0.2) is 39.8 Å². The highest BCUT2D eigenvalue weighted by atomic mass is 19.4. The second-order valence-corrected chi connectivity index (χ2v) is 9.76. The quantitative estimate of drug-likeness (QED) is 0.301. The average molecular weight is 556 g/mol. The van der Waals surface area contributed by atoms with Gasteiger partial charge in [0, 0.05) is 40.8 Å². The normalized spacial score (nSPS) is 14.1. The van der Waals surface area contributed by atoms with E-state index in [0.29, 0.717) is 24.7 Å². The van der Waals surface area contributed by atoms with Gasteiger partial charge in [0.15, 0.2) is 0 Å². The lowest BCUT2D eigenvalue weighted by Gasteiger charge is -2.28. The van der Waals surface area contributed by atoms with Crippen LogP contribution in [-0.2, 0) is 6.18 Å². The lowest BCUT2D eigenvalue weighted by molar-refractivity contribution is -0.137. The molecule has 2 aliphatic rings. The van der Waals surface area contributed by atoms with E-state index in [4.69, 9.17) is 9.98 Å². The van der Waals surface area contributed by atoms with Crippen molar-refractivity contribution in [2.24, 2.45) is 4.99 Å². The van der Waals surface area contributed by atoms with Crippen molar-refractivity contribution in [1.29, 1.82) is 0 Å². The van der Waals surface area contributed by atoms with E-state index in [1.807, 2.05) is 43.0 Å². The van der Waals surface area contributed by atoms with E-state index in [1.165, 1.54) is 12.1 Å². The average Bonchev–Trinajstić information content (AvgIpc) is 3.45. The van der Waals surface area contributed by atoms with Gasteiger partial charge in [-0.25, -0.2) is 4.98 Å². The summed E-state index contributed by atoms with van der Waals surface area (Å²) in [5.41, 5.74) is 4.60. The first-order valence-corrected chi connectivity index (χ1v) is 12.9. The fraction of sp³-hybridized carbons (Fsp3) is 0.167. The molecule has 2 N–H and O–H groups in total. The predicted molar refractivity (Wildman–Crippen MR) is 152 cm³/mol. The van der Waals surface area contributed by atoms with E-state index < -0.39 is 17.6 Å². The number of anilines is 4. The number of aliphatic imine (C=N–C) groups is 1. The molecule has 2 aliphatic heterocycles. The van der Waals surface area contributed by atoms with Crippen molar-refractivity contribution < 1.29 is 18.0 Å². The Kier molecular flexibility index (Phi) is 6.49. The molecule has 0 bridgehead atoms. The van der Waals surface area contributed by atoms with Gasteiger partial charge >= 0.3 is 6.18 Å². The first-order valence-electron chi connectivity index (χ1n) is 12.9. The minimum Gasteiger partial charge on any atom is -0.323 e. The van der Waals surface area contributed by atoms with Crippen molar-refractivity contribution in [1.82, 2.24) is 15.0 Å². The van der Waals surface area contributed by atoms with Gasteiger partial charge in [0.05, 0.1) is 24.0 Å². The van der Waals surface area contributed by atoms with Gasteiger partial charge in [0.2, 0.25) is 5.95 Å². The van der Waals surface area contributed by atoms with Gasteiger partial charge in [-0.15, -0.1) is 0 Å². The maximum atomic E-state index is 13.1. The number of carbonyl (C=O) groups excluding carboxylic acids is 1. The van der Waals surface area contributed by atoms with E-state index in [1.54, 1.807) is 24.5 Å². The molecule has 11 heteroatoms. The fourth-order valence-electron chi connectivity index (χ4n) is 4.76. The minimum atomic E-state index is -4.54. The molecule has 2 aromatic carbocycles. The van der Waals surface area contributed by atoms with E-state index in [0.717, 1.165) is 57.4 Å². The predicted octanol–water partition coefficient (Wildman–Crippen LogP) is 6.28. The van der Waals surface area contributed by atoms with Crippen LogP contribution in [0.5, 0.6) is 0 Å². The molecule has 2 aromatic heterocycles. The van der Waals surface area contributed by atoms with E-state index >= 15 is 0 Å². The Morgan fingerprint density at radius 3 is 2.59 bits per heavy atom. The molecule has 4 aromatic rings. The number of aromatic nitrogens is 3. The standard InChI is InChI=1S/C30H24F3N7O/c1-17-6-8-22(37-28(41)19-4-3-5-21(12-19)30(31,32)33)14-24(17)25-13-20-15-36-29(38-23-9-7-18(2)35-16-23)39-26(20)40-11-10-34-27(25)40/h3-9,12-16H,10-11H2,1-2H3,(H,37,41)(H,36,38,39). The van der Waals surface area contributed by atoms with E-state index in [9.17, 15) is 18.0 Å². The molecular formula is C30H24F3N7O. The molecule has 1 amide bonds. The molecular weight excluding hydrogens is 531 g/mol. The van der Waals surface area contributed by atoms with Crippen molar-refractivity contribution >= 4 is 46.5 Å². The van der Waals surface area contributed by atoms with Crippen molar-refractivity contribution in [3.05, 3.63) is 101 Å². The van der Waals surface area contributed by atoms with Crippen LogP contribution in [0, 0.1) is 13.8 Å². The highest BCUT2D eigenvalue weighted by Gasteiger charge is 2.32.